The van der Waals surface area contributed by atoms with Gasteiger partial charge in [-0.1, -0.05) is 30.3 Å². The van der Waals surface area contributed by atoms with E-state index in [0.717, 1.165) is 6.42 Å². The number of aromatic nitrogens is 2. The Morgan fingerprint density at radius 1 is 1.25 bits per heavy atom. The first-order chi connectivity index (χ1) is 7.81. The van der Waals surface area contributed by atoms with E-state index >= 15 is 0 Å². The lowest BCUT2D eigenvalue weighted by molar-refractivity contribution is 0.537. The molecule has 1 atom stereocenters. The maximum atomic E-state index is 4.20. The summed E-state index contributed by atoms with van der Waals surface area (Å²) in [6, 6.07) is 12.9. The van der Waals surface area contributed by atoms with Crippen LogP contribution in [0.25, 0.3) is 0 Å². The van der Waals surface area contributed by atoms with Gasteiger partial charge in [0.2, 0.25) is 0 Å². The molecule has 2 aromatic rings. The van der Waals surface area contributed by atoms with Crippen LogP contribution >= 0.6 is 0 Å². The van der Waals surface area contributed by atoms with Crippen molar-refractivity contribution in [2.24, 2.45) is 7.05 Å². The van der Waals surface area contributed by atoms with Crippen LogP contribution in [0, 0.1) is 0 Å². The summed E-state index contributed by atoms with van der Waals surface area (Å²) in [6.07, 6.45) is 2.82. The number of nitrogens with one attached hydrogen (secondary N) is 1. The highest BCUT2D eigenvalue weighted by Crippen LogP contribution is 2.16. The van der Waals surface area contributed by atoms with Crippen LogP contribution in [0.1, 0.15) is 17.3 Å². The second-order valence-electron chi connectivity index (χ2n) is 3.91. The molecule has 0 fully saturated rings. The molecular formula is C13H17N3. The van der Waals surface area contributed by atoms with E-state index in [1.165, 1.54) is 11.3 Å². The highest BCUT2D eigenvalue weighted by atomic mass is 15.3. The molecule has 0 saturated carbocycles. The Kier molecular flexibility index (Phi) is 3.37. The summed E-state index contributed by atoms with van der Waals surface area (Å²) in [7, 11) is 3.96. The van der Waals surface area contributed by atoms with Crippen LogP contribution < -0.4 is 5.32 Å². The number of rotatable bonds is 4. The maximum absolute atomic E-state index is 4.20. The quantitative estimate of drug-likeness (QED) is 0.844. The van der Waals surface area contributed by atoms with Crippen molar-refractivity contribution >= 4 is 0 Å². The molecule has 16 heavy (non-hydrogen) atoms. The van der Waals surface area contributed by atoms with Gasteiger partial charge in [0.1, 0.15) is 0 Å². The van der Waals surface area contributed by atoms with Gasteiger partial charge >= 0.3 is 0 Å². The predicted molar refractivity (Wildman–Crippen MR) is 65.2 cm³/mol. The zero-order valence-corrected chi connectivity index (χ0v) is 9.72. The van der Waals surface area contributed by atoms with E-state index in [0.29, 0.717) is 6.04 Å². The molecule has 0 aliphatic rings. The van der Waals surface area contributed by atoms with Crippen molar-refractivity contribution in [3.05, 3.63) is 53.9 Å². The van der Waals surface area contributed by atoms with E-state index in [1.54, 1.807) is 0 Å². The number of hydrogen-bond acceptors (Lipinski definition) is 2. The fourth-order valence-corrected chi connectivity index (χ4v) is 1.93. The molecule has 0 radical (unpaired) electrons. The minimum Gasteiger partial charge on any atom is -0.311 e. The number of nitrogens with zero attached hydrogens (tertiary/aromatic N) is 2. The summed E-state index contributed by atoms with van der Waals surface area (Å²) in [5, 5.41) is 7.54. The van der Waals surface area contributed by atoms with Crippen LogP contribution in [0.2, 0.25) is 0 Å². The van der Waals surface area contributed by atoms with Crippen LogP contribution in [-0.2, 0) is 13.5 Å². The van der Waals surface area contributed by atoms with Gasteiger partial charge in [-0.2, -0.15) is 5.10 Å². The highest BCUT2D eigenvalue weighted by Gasteiger charge is 2.12. The van der Waals surface area contributed by atoms with Gasteiger partial charge in [-0.05, 0) is 25.1 Å². The summed E-state index contributed by atoms with van der Waals surface area (Å²) in [4.78, 5) is 0. The van der Waals surface area contributed by atoms with Crippen molar-refractivity contribution in [3.63, 3.8) is 0 Å². The fraction of sp³-hybridized carbons (Fsp3) is 0.308. The molecule has 0 bridgehead atoms. The second-order valence-corrected chi connectivity index (χ2v) is 3.91. The topological polar surface area (TPSA) is 29.9 Å². The van der Waals surface area contributed by atoms with Crippen molar-refractivity contribution in [3.8, 4) is 0 Å². The van der Waals surface area contributed by atoms with E-state index < -0.39 is 0 Å². The molecule has 1 aromatic heterocycles. The summed E-state index contributed by atoms with van der Waals surface area (Å²) in [6.45, 7) is 0. The number of hydrogen-bond donors (Lipinski definition) is 1. The molecule has 0 aliphatic carbocycles. The van der Waals surface area contributed by atoms with Gasteiger partial charge in [-0.3, -0.25) is 4.68 Å². The Hall–Kier alpha value is -1.61. The average molecular weight is 215 g/mol. The first-order valence-electron chi connectivity index (χ1n) is 5.50. The fourth-order valence-electron chi connectivity index (χ4n) is 1.93. The molecule has 0 saturated heterocycles. The van der Waals surface area contributed by atoms with Gasteiger partial charge in [0, 0.05) is 13.2 Å². The average Bonchev–Trinajstić information content (AvgIpc) is 2.74. The first-order valence-corrected chi connectivity index (χ1v) is 5.50. The molecule has 0 spiro atoms. The van der Waals surface area contributed by atoms with Crippen molar-refractivity contribution in [2.45, 2.75) is 12.5 Å². The Bertz CT molecular complexity index is 433. The van der Waals surface area contributed by atoms with Crippen molar-refractivity contribution < 1.29 is 0 Å². The zero-order valence-electron chi connectivity index (χ0n) is 9.72. The summed E-state index contributed by atoms with van der Waals surface area (Å²) >= 11 is 0. The van der Waals surface area contributed by atoms with Gasteiger partial charge in [0.05, 0.1) is 11.7 Å². The molecule has 3 heteroatoms. The lowest BCUT2D eigenvalue weighted by Crippen LogP contribution is -2.21. The molecular weight excluding hydrogens is 198 g/mol. The summed E-state index contributed by atoms with van der Waals surface area (Å²) < 4.78 is 1.92. The minimum atomic E-state index is 0.315. The summed E-state index contributed by atoms with van der Waals surface area (Å²) in [5.74, 6) is 0. The largest absolute Gasteiger partial charge is 0.311 e. The molecule has 1 unspecified atom stereocenters. The van der Waals surface area contributed by atoms with E-state index in [-0.39, 0.29) is 0 Å². The predicted octanol–water partition coefficient (Wildman–Crippen LogP) is 1.92. The van der Waals surface area contributed by atoms with E-state index in [4.69, 9.17) is 0 Å². The molecule has 1 aromatic carbocycles. The second kappa shape index (κ2) is 4.94. The van der Waals surface area contributed by atoms with E-state index in [2.05, 4.69) is 40.7 Å². The molecule has 1 N–H and O–H groups in total. The standard InChI is InChI=1S/C13H17N3/c1-14-12(13-8-9-15-16(13)2)10-11-6-4-3-5-7-11/h3-9,12,14H,10H2,1-2H3. The monoisotopic (exact) mass is 215 g/mol. The Balaban J connectivity index is 2.16. The molecule has 0 amide bonds. The van der Waals surface area contributed by atoms with Crippen LogP contribution in [0.4, 0.5) is 0 Å². The number of benzene rings is 1. The third-order valence-electron chi connectivity index (χ3n) is 2.85. The van der Waals surface area contributed by atoms with Crippen molar-refractivity contribution in [2.75, 3.05) is 7.05 Å². The molecule has 0 aliphatic heterocycles. The van der Waals surface area contributed by atoms with Gasteiger partial charge in [-0.15, -0.1) is 0 Å². The van der Waals surface area contributed by atoms with Crippen LogP contribution in [0.5, 0.6) is 0 Å². The third kappa shape index (κ3) is 2.31. The van der Waals surface area contributed by atoms with Crippen LogP contribution in [-0.4, -0.2) is 16.8 Å². The highest BCUT2D eigenvalue weighted by molar-refractivity contribution is 5.19. The van der Waals surface area contributed by atoms with E-state index in [1.807, 2.05) is 31.0 Å². The van der Waals surface area contributed by atoms with Crippen LogP contribution in [0.3, 0.4) is 0 Å². The smallest absolute Gasteiger partial charge is 0.0553 e. The Morgan fingerprint density at radius 2 is 2.00 bits per heavy atom. The van der Waals surface area contributed by atoms with Gasteiger partial charge in [0.15, 0.2) is 0 Å². The molecule has 1 heterocycles. The maximum Gasteiger partial charge on any atom is 0.0553 e. The van der Waals surface area contributed by atoms with Crippen LogP contribution in [0.15, 0.2) is 42.6 Å². The number of aryl methyl sites for hydroxylation is 1. The lowest BCUT2D eigenvalue weighted by Gasteiger charge is -2.16. The number of likely N-dealkylation sites (N-methyl/N-ethyl adjacent to an activating group) is 1. The SMILES string of the molecule is CNC(Cc1ccccc1)c1ccnn1C. The van der Waals surface area contributed by atoms with Gasteiger partial charge < -0.3 is 5.32 Å². The summed E-state index contributed by atoms with van der Waals surface area (Å²) in [5.41, 5.74) is 2.55. The van der Waals surface area contributed by atoms with Gasteiger partial charge in [-0.25, -0.2) is 0 Å². The first kappa shape index (κ1) is 10.9. The van der Waals surface area contributed by atoms with E-state index in [9.17, 15) is 0 Å². The third-order valence-corrected chi connectivity index (χ3v) is 2.85. The van der Waals surface area contributed by atoms with Gasteiger partial charge in [0.25, 0.3) is 0 Å². The van der Waals surface area contributed by atoms with Crippen molar-refractivity contribution in [1.82, 2.24) is 15.1 Å². The van der Waals surface area contributed by atoms with Crippen molar-refractivity contribution in [1.29, 1.82) is 0 Å². The normalized spacial score (nSPS) is 12.6. The zero-order chi connectivity index (χ0) is 11.4. The molecule has 3 nitrogen and oxygen atoms in total. The molecule has 84 valence electrons. The Morgan fingerprint density at radius 3 is 2.56 bits per heavy atom. The minimum absolute atomic E-state index is 0.315. The lowest BCUT2D eigenvalue weighted by atomic mass is 10.0. The molecule has 2 rings (SSSR count). The Labute approximate surface area is 96.1 Å².